The molecule has 2 aromatic heterocycles. The van der Waals surface area contributed by atoms with Crippen LogP contribution in [0.3, 0.4) is 0 Å². The third-order valence-electron chi connectivity index (χ3n) is 6.32. The Bertz CT molecular complexity index is 1200. The molecular weight excluding hydrogens is 426 g/mol. The first-order chi connectivity index (χ1) is 15.8. The van der Waals surface area contributed by atoms with Crippen molar-refractivity contribution in [1.29, 1.82) is 0 Å². The Balaban J connectivity index is 1.78. The highest BCUT2D eigenvalue weighted by Gasteiger charge is 2.28. The summed E-state index contributed by atoms with van der Waals surface area (Å²) in [5.41, 5.74) is 2.27. The van der Waals surface area contributed by atoms with Crippen LogP contribution in [-0.4, -0.2) is 34.3 Å². The molecule has 0 radical (unpaired) electrons. The average molecular weight is 455 g/mol. The van der Waals surface area contributed by atoms with Crippen molar-refractivity contribution in [3.8, 4) is 11.3 Å². The van der Waals surface area contributed by atoms with Gasteiger partial charge in [0.05, 0.1) is 17.0 Å². The van der Waals surface area contributed by atoms with Crippen LogP contribution in [0.1, 0.15) is 54.2 Å². The second kappa shape index (κ2) is 9.29. The summed E-state index contributed by atoms with van der Waals surface area (Å²) in [6.45, 7) is 3.45. The van der Waals surface area contributed by atoms with E-state index >= 15 is 8.78 Å². The first kappa shape index (κ1) is 22.9. The van der Waals surface area contributed by atoms with Crippen molar-refractivity contribution < 1.29 is 18.4 Å². The average Bonchev–Trinajstić information content (AvgIpc) is 3.09. The van der Waals surface area contributed by atoms with Crippen molar-refractivity contribution in [1.82, 2.24) is 20.0 Å². The fourth-order valence-electron chi connectivity index (χ4n) is 4.84. The fraction of sp³-hybridized carbons (Fsp3) is 0.400. The molecule has 3 aromatic rings. The summed E-state index contributed by atoms with van der Waals surface area (Å²) < 4.78 is 32.2. The maximum absolute atomic E-state index is 15.1. The van der Waals surface area contributed by atoms with E-state index in [1.807, 2.05) is 29.7 Å². The molecule has 0 saturated heterocycles. The monoisotopic (exact) mass is 454 g/mol. The van der Waals surface area contributed by atoms with Crippen LogP contribution in [0, 0.1) is 24.5 Å². The summed E-state index contributed by atoms with van der Waals surface area (Å²) in [6.07, 6.45) is 6.13. The summed E-state index contributed by atoms with van der Waals surface area (Å²) in [7, 11) is 1.41. The quantitative estimate of drug-likeness (QED) is 0.607. The van der Waals surface area contributed by atoms with Gasteiger partial charge in [-0.15, -0.1) is 0 Å². The number of carbonyl (C=O) groups excluding carboxylic acids is 2. The van der Waals surface area contributed by atoms with Gasteiger partial charge in [0.1, 0.15) is 17.3 Å². The first-order valence-electron chi connectivity index (χ1n) is 11.2. The van der Waals surface area contributed by atoms with Crippen LogP contribution in [0.25, 0.3) is 16.9 Å². The number of imidazole rings is 1. The van der Waals surface area contributed by atoms with E-state index in [9.17, 15) is 9.59 Å². The number of nitrogens with zero attached hydrogens (tertiary/aromatic N) is 2. The van der Waals surface area contributed by atoms with Gasteiger partial charge < -0.3 is 15.0 Å². The number of halogens is 2. The van der Waals surface area contributed by atoms with Gasteiger partial charge in [0, 0.05) is 31.8 Å². The first-order valence-corrected chi connectivity index (χ1v) is 11.2. The predicted octanol–water partition coefficient (Wildman–Crippen LogP) is 4.18. The van der Waals surface area contributed by atoms with Crippen LogP contribution in [0.2, 0.25) is 0 Å². The minimum atomic E-state index is -0.824. The van der Waals surface area contributed by atoms with Gasteiger partial charge in [-0.25, -0.2) is 13.8 Å². The van der Waals surface area contributed by atoms with Gasteiger partial charge in [-0.1, -0.05) is 6.42 Å². The van der Waals surface area contributed by atoms with E-state index in [1.165, 1.54) is 14.0 Å². The lowest BCUT2D eigenvalue weighted by Gasteiger charge is -2.29. The van der Waals surface area contributed by atoms with E-state index in [2.05, 4.69) is 15.6 Å². The molecule has 1 unspecified atom stereocenters. The van der Waals surface area contributed by atoms with Crippen LogP contribution < -0.4 is 10.6 Å². The van der Waals surface area contributed by atoms with Crippen LogP contribution in [0.5, 0.6) is 0 Å². The van der Waals surface area contributed by atoms with Gasteiger partial charge in [0.15, 0.2) is 0 Å². The van der Waals surface area contributed by atoms with Crippen molar-refractivity contribution in [2.24, 2.45) is 5.92 Å². The molecule has 2 amide bonds. The lowest BCUT2D eigenvalue weighted by atomic mass is 9.82. The maximum Gasteiger partial charge on any atom is 0.251 e. The van der Waals surface area contributed by atoms with Gasteiger partial charge in [0.25, 0.3) is 5.91 Å². The van der Waals surface area contributed by atoms with E-state index in [-0.39, 0.29) is 34.7 Å². The number of aromatic nitrogens is 2. The number of carbonyl (C=O) groups is 2. The normalized spacial score (nSPS) is 18.3. The molecule has 8 heteroatoms. The number of rotatable bonds is 5. The Morgan fingerprint density at radius 2 is 1.91 bits per heavy atom. The highest BCUT2D eigenvalue weighted by Crippen LogP contribution is 2.35. The zero-order valence-corrected chi connectivity index (χ0v) is 19.0. The minimum Gasteiger partial charge on any atom is -0.355 e. The van der Waals surface area contributed by atoms with Gasteiger partial charge >= 0.3 is 0 Å². The summed E-state index contributed by atoms with van der Waals surface area (Å²) in [5, 5.41) is 5.39. The van der Waals surface area contributed by atoms with Crippen molar-refractivity contribution in [2.75, 3.05) is 7.05 Å². The SMILES string of the molecule is CNC(=O)c1cc(F)c(-c2nc3cc(C)ccn3c2CC2CCC[C@@H](NC(C)=O)C2)c(F)c1. The molecule has 6 nitrogen and oxygen atoms in total. The largest absolute Gasteiger partial charge is 0.355 e. The molecule has 33 heavy (non-hydrogen) atoms. The Hall–Kier alpha value is -3.29. The number of aryl methyl sites for hydroxylation is 1. The zero-order valence-electron chi connectivity index (χ0n) is 19.0. The highest BCUT2D eigenvalue weighted by atomic mass is 19.1. The van der Waals surface area contributed by atoms with E-state index in [0.717, 1.165) is 49.1 Å². The topological polar surface area (TPSA) is 75.5 Å². The van der Waals surface area contributed by atoms with Gasteiger partial charge in [0.2, 0.25) is 5.91 Å². The maximum atomic E-state index is 15.1. The van der Waals surface area contributed by atoms with Crippen LogP contribution in [0.15, 0.2) is 30.5 Å². The Morgan fingerprint density at radius 3 is 2.58 bits per heavy atom. The van der Waals surface area contributed by atoms with Gasteiger partial charge in [-0.2, -0.15) is 0 Å². The fourth-order valence-corrected chi connectivity index (χ4v) is 4.84. The summed E-state index contributed by atoms with van der Waals surface area (Å²) in [4.78, 5) is 28.0. The number of nitrogens with one attached hydrogen (secondary N) is 2. The van der Waals surface area contributed by atoms with E-state index < -0.39 is 17.5 Å². The minimum absolute atomic E-state index is 0.0491. The molecule has 1 fully saturated rings. The second-order valence-corrected chi connectivity index (χ2v) is 8.87. The number of benzene rings is 1. The number of hydrogen-bond donors (Lipinski definition) is 2. The smallest absolute Gasteiger partial charge is 0.251 e. The molecule has 174 valence electrons. The molecule has 2 heterocycles. The number of fused-ring (bicyclic) bond motifs is 1. The predicted molar refractivity (Wildman–Crippen MR) is 122 cm³/mol. The van der Waals surface area contributed by atoms with Crippen molar-refractivity contribution in [2.45, 2.75) is 52.0 Å². The summed E-state index contributed by atoms with van der Waals surface area (Å²) in [5.74, 6) is -2.01. The molecule has 0 bridgehead atoms. The van der Waals surface area contributed by atoms with Crippen LogP contribution >= 0.6 is 0 Å². The summed E-state index contributed by atoms with van der Waals surface area (Å²) >= 11 is 0. The molecule has 1 saturated carbocycles. The molecule has 2 N–H and O–H groups in total. The molecule has 0 aliphatic heterocycles. The van der Waals surface area contributed by atoms with Crippen LogP contribution in [0.4, 0.5) is 8.78 Å². The highest BCUT2D eigenvalue weighted by molar-refractivity contribution is 5.94. The number of pyridine rings is 1. The van der Waals surface area contributed by atoms with E-state index in [4.69, 9.17) is 0 Å². The Labute approximate surface area is 191 Å². The van der Waals surface area contributed by atoms with E-state index in [1.54, 1.807) is 0 Å². The summed E-state index contributed by atoms with van der Waals surface area (Å²) in [6, 6.07) is 6.01. The molecule has 1 aliphatic carbocycles. The second-order valence-electron chi connectivity index (χ2n) is 8.87. The zero-order chi connectivity index (χ0) is 23.7. The van der Waals surface area contributed by atoms with Crippen molar-refractivity contribution in [3.05, 3.63) is 58.9 Å². The third kappa shape index (κ3) is 4.74. The van der Waals surface area contributed by atoms with Crippen molar-refractivity contribution >= 4 is 17.5 Å². The van der Waals surface area contributed by atoms with Crippen molar-refractivity contribution in [3.63, 3.8) is 0 Å². The van der Waals surface area contributed by atoms with Crippen LogP contribution in [-0.2, 0) is 11.2 Å². The molecule has 0 spiro atoms. The Morgan fingerprint density at radius 1 is 1.18 bits per heavy atom. The lowest BCUT2D eigenvalue weighted by Crippen LogP contribution is -2.37. The molecular formula is C25H28F2N4O2. The van der Waals surface area contributed by atoms with E-state index in [0.29, 0.717) is 12.1 Å². The third-order valence-corrected chi connectivity index (χ3v) is 6.32. The molecule has 2 atom stereocenters. The molecule has 4 rings (SSSR count). The van der Waals surface area contributed by atoms with Gasteiger partial charge in [-0.3, -0.25) is 9.59 Å². The van der Waals surface area contributed by atoms with Gasteiger partial charge in [-0.05, 0) is 68.4 Å². The lowest BCUT2D eigenvalue weighted by molar-refractivity contribution is -0.119. The number of amides is 2. The molecule has 1 aliphatic rings. The Kier molecular flexibility index (Phi) is 6.44. The number of hydrogen-bond acceptors (Lipinski definition) is 3. The molecule has 1 aromatic carbocycles. The standard InChI is InChI=1S/C25H28F2N4O2/c1-14-7-8-31-21(11-16-5-4-6-18(10-16)29-15(2)32)24(30-22(31)9-14)23-19(26)12-17(13-20(23)27)25(33)28-3/h7-9,12-13,16,18H,4-6,10-11H2,1-3H3,(H,28,33)(H,29,32)/t16?,18-/m1/s1.